The molecule has 1 saturated heterocycles. The van der Waals surface area contributed by atoms with E-state index in [1.165, 1.54) is 4.90 Å². The van der Waals surface area contributed by atoms with Crippen LogP contribution in [0, 0.1) is 5.92 Å². The van der Waals surface area contributed by atoms with E-state index in [2.05, 4.69) is 29.6 Å². The fraction of sp³-hybridized carbons (Fsp3) is 0.296. The number of carboxylic acid groups (broad SMARTS) is 1. The summed E-state index contributed by atoms with van der Waals surface area (Å²) >= 11 is 0. The first-order valence-electron chi connectivity index (χ1n) is 11.7. The molecule has 0 spiro atoms. The Morgan fingerprint density at radius 1 is 1.00 bits per heavy atom. The number of amides is 2. The molecule has 1 aliphatic heterocycles. The van der Waals surface area contributed by atoms with Crippen molar-refractivity contribution in [1.82, 2.24) is 10.2 Å². The molecule has 1 atom stereocenters. The summed E-state index contributed by atoms with van der Waals surface area (Å²) in [5, 5.41) is 11.9. The average Bonchev–Trinajstić information content (AvgIpc) is 3.49. The molecule has 0 saturated carbocycles. The van der Waals surface area contributed by atoms with Gasteiger partial charge in [0.15, 0.2) is 5.76 Å². The Labute approximate surface area is 202 Å². The van der Waals surface area contributed by atoms with E-state index in [9.17, 15) is 19.5 Å². The monoisotopic (exact) mass is 474 g/mol. The lowest BCUT2D eigenvalue weighted by Crippen LogP contribution is -2.42. The third kappa shape index (κ3) is 4.64. The minimum absolute atomic E-state index is 0.0276. The number of furan rings is 1. The van der Waals surface area contributed by atoms with Crippen molar-refractivity contribution in [2.75, 3.05) is 19.7 Å². The molecule has 0 unspecified atom stereocenters. The summed E-state index contributed by atoms with van der Waals surface area (Å²) in [7, 11) is 0. The van der Waals surface area contributed by atoms with Crippen molar-refractivity contribution in [2.45, 2.75) is 25.3 Å². The maximum atomic E-state index is 12.7. The summed E-state index contributed by atoms with van der Waals surface area (Å²) in [6, 6.07) is 19.4. The second-order valence-electron chi connectivity index (χ2n) is 8.87. The number of piperidine rings is 1. The maximum absolute atomic E-state index is 12.7. The van der Waals surface area contributed by atoms with Crippen LogP contribution >= 0.6 is 0 Å². The lowest BCUT2D eigenvalue weighted by Gasteiger charge is -2.29. The minimum Gasteiger partial charge on any atom is -0.481 e. The van der Waals surface area contributed by atoms with Crippen LogP contribution in [0.1, 0.15) is 46.2 Å². The molecule has 8 heteroatoms. The van der Waals surface area contributed by atoms with Gasteiger partial charge in [0.05, 0.1) is 12.5 Å². The first-order valence-corrected chi connectivity index (χ1v) is 11.7. The number of fused-ring (bicyclic) bond motifs is 3. The van der Waals surface area contributed by atoms with E-state index in [1.807, 2.05) is 24.3 Å². The Hall–Kier alpha value is -4.07. The largest absolute Gasteiger partial charge is 0.481 e. The van der Waals surface area contributed by atoms with E-state index >= 15 is 0 Å². The minimum atomic E-state index is -0.894. The van der Waals surface area contributed by atoms with Crippen molar-refractivity contribution in [2.24, 2.45) is 5.92 Å². The molecule has 180 valence electrons. The zero-order chi connectivity index (χ0) is 24.4. The maximum Gasteiger partial charge on any atom is 0.407 e. The van der Waals surface area contributed by atoms with Crippen molar-refractivity contribution in [3.05, 3.63) is 83.3 Å². The fourth-order valence-corrected chi connectivity index (χ4v) is 4.92. The second kappa shape index (κ2) is 9.66. The Bertz CT molecular complexity index is 1220. The number of carbonyl (C=O) groups is 3. The van der Waals surface area contributed by atoms with Gasteiger partial charge in [-0.05, 0) is 47.2 Å². The number of aliphatic carboxylic acids is 1. The molecule has 2 N–H and O–H groups in total. The van der Waals surface area contributed by atoms with Crippen LogP contribution in [-0.4, -0.2) is 47.7 Å². The van der Waals surface area contributed by atoms with Gasteiger partial charge in [-0.15, -0.1) is 0 Å². The molecule has 5 rings (SSSR count). The standard InChI is InChI=1S/C27H26N2O6/c30-25(29-13-5-6-17(15-29)26(31)32)24-12-11-18(35-24)14-28-27(33)34-16-23-21-9-3-1-7-19(21)20-8-2-4-10-22(20)23/h1-4,7-12,17,23H,5-6,13-16H2,(H,28,33)(H,31,32)/t17-/m1/s1. The van der Waals surface area contributed by atoms with Gasteiger partial charge in [0, 0.05) is 19.0 Å². The van der Waals surface area contributed by atoms with Gasteiger partial charge in [-0.3, -0.25) is 9.59 Å². The summed E-state index contributed by atoms with van der Waals surface area (Å²) in [4.78, 5) is 37.8. The van der Waals surface area contributed by atoms with Gasteiger partial charge in [0.2, 0.25) is 0 Å². The molecular formula is C27H26N2O6. The predicted molar refractivity (Wildman–Crippen MR) is 127 cm³/mol. The summed E-state index contributed by atoms with van der Waals surface area (Å²) in [5.41, 5.74) is 4.60. The molecule has 2 heterocycles. The number of likely N-dealkylation sites (tertiary alicyclic amines) is 1. The van der Waals surface area contributed by atoms with Crippen molar-refractivity contribution >= 4 is 18.0 Å². The number of carbonyl (C=O) groups excluding carboxylic acids is 2. The van der Waals surface area contributed by atoms with E-state index in [0.717, 1.165) is 22.3 Å². The normalized spacial score (nSPS) is 16.9. The van der Waals surface area contributed by atoms with Crippen molar-refractivity contribution in [3.8, 4) is 11.1 Å². The first kappa shape index (κ1) is 22.7. The van der Waals surface area contributed by atoms with Gasteiger partial charge >= 0.3 is 12.1 Å². The SMILES string of the molecule is O=C(NCc1ccc(C(=O)N2CCC[C@@H](C(=O)O)C2)o1)OCC1c2ccccc2-c2ccccc21. The molecule has 2 aromatic carbocycles. The molecule has 0 bridgehead atoms. The number of benzene rings is 2. The molecule has 1 fully saturated rings. The van der Waals surface area contributed by atoms with Crippen LogP contribution in [0.4, 0.5) is 4.79 Å². The van der Waals surface area contributed by atoms with Crippen LogP contribution in [0.5, 0.6) is 0 Å². The number of nitrogens with zero attached hydrogens (tertiary/aromatic N) is 1. The number of hydrogen-bond acceptors (Lipinski definition) is 5. The highest BCUT2D eigenvalue weighted by molar-refractivity contribution is 5.92. The van der Waals surface area contributed by atoms with Gasteiger partial charge in [0.1, 0.15) is 12.4 Å². The molecule has 2 aliphatic rings. The summed E-state index contributed by atoms with van der Waals surface area (Å²) in [6.45, 7) is 0.946. The molecule has 3 aromatic rings. The highest BCUT2D eigenvalue weighted by atomic mass is 16.5. The van der Waals surface area contributed by atoms with Crippen molar-refractivity contribution in [3.63, 3.8) is 0 Å². The molecule has 2 amide bonds. The molecule has 35 heavy (non-hydrogen) atoms. The average molecular weight is 475 g/mol. The van der Waals surface area contributed by atoms with Crippen molar-refractivity contribution in [1.29, 1.82) is 0 Å². The Morgan fingerprint density at radius 2 is 1.69 bits per heavy atom. The van der Waals surface area contributed by atoms with Gasteiger partial charge < -0.3 is 24.5 Å². The zero-order valence-corrected chi connectivity index (χ0v) is 19.1. The molecular weight excluding hydrogens is 448 g/mol. The van der Waals surface area contributed by atoms with Crippen LogP contribution in [0.3, 0.4) is 0 Å². The van der Waals surface area contributed by atoms with Crippen LogP contribution < -0.4 is 5.32 Å². The quantitative estimate of drug-likeness (QED) is 0.553. The predicted octanol–water partition coefficient (Wildman–Crippen LogP) is 4.26. The lowest BCUT2D eigenvalue weighted by atomic mass is 9.98. The number of alkyl carbamates (subject to hydrolysis) is 1. The van der Waals surface area contributed by atoms with E-state index in [1.54, 1.807) is 12.1 Å². The van der Waals surface area contributed by atoms with Gasteiger partial charge in [-0.2, -0.15) is 0 Å². The summed E-state index contributed by atoms with van der Waals surface area (Å²) in [5.74, 6) is -1.29. The molecule has 8 nitrogen and oxygen atoms in total. The Balaban J connectivity index is 1.15. The lowest BCUT2D eigenvalue weighted by molar-refractivity contribution is -0.143. The van der Waals surface area contributed by atoms with Crippen LogP contribution in [0.25, 0.3) is 11.1 Å². The zero-order valence-electron chi connectivity index (χ0n) is 19.1. The number of nitrogens with one attached hydrogen (secondary N) is 1. The van der Waals surface area contributed by atoms with E-state index < -0.39 is 18.0 Å². The number of rotatable bonds is 6. The highest BCUT2D eigenvalue weighted by Crippen LogP contribution is 2.44. The van der Waals surface area contributed by atoms with E-state index in [4.69, 9.17) is 9.15 Å². The van der Waals surface area contributed by atoms with Crippen LogP contribution in [-0.2, 0) is 16.1 Å². The molecule has 1 aliphatic carbocycles. The number of hydrogen-bond donors (Lipinski definition) is 2. The van der Waals surface area contributed by atoms with Gasteiger partial charge in [0.25, 0.3) is 5.91 Å². The Kier molecular flexibility index (Phi) is 6.27. The third-order valence-electron chi connectivity index (χ3n) is 6.68. The molecule has 1 aromatic heterocycles. The third-order valence-corrected chi connectivity index (χ3v) is 6.68. The van der Waals surface area contributed by atoms with Crippen LogP contribution in [0.15, 0.2) is 65.1 Å². The number of carboxylic acids is 1. The van der Waals surface area contributed by atoms with Gasteiger partial charge in [-0.1, -0.05) is 48.5 Å². The number of ether oxygens (including phenoxy) is 1. The van der Waals surface area contributed by atoms with E-state index in [0.29, 0.717) is 25.1 Å². The van der Waals surface area contributed by atoms with Crippen molar-refractivity contribution < 1.29 is 28.6 Å². The second-order valence-corrected chi connectivity index (χ2v) is 8.87. The topological polar surface area (TPSA) is 109 Å². The fourth-order valence-electron chi connectivity index (χ4n) is 4.92. The first-order chi connectivity index (χ1) is 17.0. The highest BCUT2D eigenvalue weighted by Gasteiger charge is 2.30. The summed E-state index contributed by atoms with van der Waals surface area (Å²) in [6.07, 6.45) is 0.628. The summed E-state index contributed by atoms with van der Waals surface area (Å²) < 4.78 is 11.1. The van der Waals surface area contributed by atoms with Gasteiger partial charge in [-0.25, -0.2) is 4.79 Å². The van der Waals surface area contributed by atoms with E-state index in [-0.39, 0.29) is 37.3 Å². The smallest absolute Gasteiger partial charge is 0.407 e. The molecule has 0 radical (unpaired) electrons. The van der Waals surface area contributed by atoms with Crippen LogP contribution in [0.2, 0.25) is 0 Å². The Morgan fingerprint density at radius 3 is 2.37 bits per heavy atom.